The average molecular weight is 840 g/mol. The highest BCUT2D eigenvalue weighted by Gasteiger charge is 2.28. The monoisotopic (exact) mass is 839 g/mol. The quantitative estimate of drug-likeness (QED) is 0.0342. The number of carbonyl (C=O) groups excluding carboxylic acids is 2. The van der Waals surface area contributed by atoms with Crippen LogP contribution >= 0.6 is 7.82 Å². The number of unbranched alkanes of at least 4 members (excludes halogenated alkanes) is 12. The van der Waals surface area contributed by atoms with Gasteiger partial charge in [-0.25, -0.2) is 4.57 Å². The van der Waals surface area contributed by atoms with Gasteiger partial charge in [0.05, 0.1) is 13.2 Å². The van der Waals surface area contributed by atoms with Crippen molar-refractivity contribution < 1.29 is 56.3 Å². The van der Waals surface area contributed by atoms with Crippen molar-refractivity contribution in [1.29, 1.82) is 0 Å². The van der Waals surface area contributed by atoms with Crippen molar-refractivity contribution in [3.05, 3.63) is 45.3 Å². The third kappa shape index (κ3) is 20.3. The summed E-state index contributed by atoms with van der Waals surface area (Å²) >= 11 is 0. The number of esters is 2. The molecule has 2 aromatic rings. The molecule has 2 aromatic heterocycles. The molecule has 0 radical (unpaired) electrons. The molecule has 2 rings (SSSR count). The highest BCUT2D eigenvalue weighted by molar-refractivity contribution is 7.47. The van der Waals surface area contributed by atoms with Crippen molar-refractivity contribution >= 4 is 25.7 Å². The molecule has 14 heteroatoms. The van der Waals surface area contributed by atoms with E-state index < -0.39 is 51.1 Å². The fourth-order valence-electron chi connectivity index (χ4n) is 6.76. The van der Waals surface area contributed by atoms with Gasteiger partial charge in [-0.3, -0.25) is 23.4 Å². The molecular weight excluding hydrogens is 765 g/mol. The van der Waals surface area contributed by atoms with E-state index in [1.165, 1.54) is 35.1 Å². The summed E-state index contributed by atoms with van der Waals surface area (Å²) in [6, 6.07) is -1.54. The van der Waals surface area contributed by atoms with Crippen LogP contribution in [0.1, 0.15) is 175 Å². The van der Waals surface area contributed by atoms with Gasteiger partial charge >= 0.3 is 25.7 Å². The van der Waals surface area contributed by atoms with E-state index >= 15 is 0 Å². The zero-order valence-electron chi connectivity index (χ0n) is 36.3. The normalized spacial score (nSPS) is 13.7. The molecule has 3 unspecified atom stereocenters. The van der Waals surface area contributed by atoms with Crippen LogP contribution in [0.5, 0.6) is 0 Å². The van der Waals surface area contributed by atoms with E-state index in [0.717, 1.165) is 126 Å². The van der Waals surface area contributed by atoms with E-state index in [1.807, 2.05) is 0 Å². The number of ether oxygens (including phenoxy) is 2. The van der Waals surface area contributed by atoms with E-state index in [-0.39, 0.29) is 19.4 Å². The minimum atomic E-state index is -4.74. The Hall–Kier alpha value is -2.96. The maximum atomic E-state index is 12.7. The number of aliphatic carboxylic acids is 1. The maximum Gasteiger partial charge on any atom is 0.472 e. The minimum Gasteiger partial charge on any atom is -0.480 e. The lowest BCUT2D eigenvalue weighted by molar-refractivity contribution is -0.161. The Morgan fingerprint density at radius 1 is 0.586 bits per heavy atom. The summed E-state index contributed by atoms with van der Waals surface area (Å²) in [4.78, 5) is 46.2. The van der Waals surface area contributed by atoms with Crippen LogP contribution in [0.15, 0.2) is 8.83 Å². The molecule has 0 spiro atoms. The standard InChI is InChI=1S/C44H74NO12P/c1-7-9-18-24-39-34(5)35(6)41(57-39)26-20-15-11-13-17-22-28-43(47)55-36(30-53-58(50,51)54-31-37(45)44(48)49)29-52-42(46)27-21-16-12-10-14-19-25-40-33(4)32(3)38(56-40)23-8-2/h36-37H,7-31,45H2,1-6H3,(H,48,49)(H,50,51). The smallest absolute Gasteiger partial charge is 0.472 e. The molecule has 0 saturated carbocycles. The Balaban J connectivity index is 1.71. The first kappa shape index (κ1) is 51.2. The molecule has 0 amide bonds. The molecule has 3 atom stereocenters. The van der Waals surface area contributed by atoms with Gasteiger partial charge in [-0.2, -0.15) is 0 Å². The number of rotatable bonds is 34. The van der Waals surface area contributed by atoms with Gasteiger partial charge in [-0.15, -0.1) is 0 Å². The number of phosphoric ester groups is 1. The molecule has 4 N–H and O–H groups in total. The molecule has 0 aliphatic rings. The van der Waals surface area contributed by atoms with Crippen molar-refractivity contribution in [2.45, 2.75) is 195 Å². The van der Waals surface area contributed by atoms with Crippen LogP contribution in [0.3, 0.4) is 0 Å². The lowest BCUT2D eigenvalue weighted by atomic mass is 10.0. The summed E-state index contributed by atoms with van der Waals surface area (Å²) in [5, 5.41) is 8.92. The molecule has 0 aliphatic heterocycles. The van der Waals surface area contributed by atoms with Crippen LogP contribution in [0.4, 0.5) is 0 Å². The first-order valence-electron chi connectivity index (χ1n) is 21.8. The number of carbonyl (C=O) groups is 3. The second-order valence-electron chi connectivity index (χ2n) is 15.6. The number of carboxylic acid groups (broad SMARTS) is 1. The van der Waals surface area contributed by atoms with Crippen LogP contribution in [0, 0.1) is 27.7 Å². The zero-order valence-corrected chi connectivity index (χ0v) is 37.2. The summed E-state index contributed by atoms with van der Waals surface area (Å²) in [6.45, 7) is 11.2. The third-order valence-corrected chi connectivity index (χ3v) is 11.7. The molecular formula is C44H74NO12P. The Morgan fingerprint density at radius 3 is 1.47 bits per heavy atom. The van der Waals surface area contributed by atoms with E-state index in [9.17, 15) is 23.8 Å². The largest absolute Gasteiger partial charge is 0.480 e. The molecule has 58 heavy (non-hydrogen) atoms. The number of aryl methyl sites for hydroxylation is 4. The van der Waals surface area contributed by atoms with Crippen molar-refractivity contribution in [3.63, 3.8) is 0 Å². The molecule has 332 valence electrons. The zero-order chi connectivity index (χ0) is 42.9. The third-order valence-electron chi connectivity index (χ3n) is 10.7. The average Bonchev–Trinajstić information content (AvgIpc) is 3.61. The molecule has 0 fully saturated rings. The first-order valence-corrected chi connectivity index (χ1v) is 23.3. The number of furan rings is 2. The van der Waals surface area contributed by atoms with E-state index in [1.54, 1.807) is 0 Å². The van der Waals surface area contributed by atoms with Gasteiger partial charge in [0.2, 0.25) is 0 Å². The lowest BCUT2D eigenvalue weighted by Gasteiger charge is -2.20. The fraction of sp³-hybridized carbons (Fsp3) is 0.750. The van der Waals surface area contributed by atoms with Gasteiger partial charge < -0.3 is 34.0 Å². The van der Waals surface area contributed by atoms with E-state index in [4.69, 9.17) is 33.7 Å². The summed E-state index contributed by atoms with van der Waals surface area (Å²) in [7, 11) is -4.74. The van der Waals surface area contributed by atoms with Gasteiger partial charge in [0.1, 0.15) is 35.7 Å². The van der Waals surface area contributed by atoms with Gasteiger partial charge in [-0.1, -0.05) is 78.1 Å². The topological polar surface area (TPSA) is 198 Å². The lowest BCUT2D eigenvalue weighted by Crippen LogP contribution is -2.34. The highest BCUT2D eigenvalue weighted by atomic mass is 31.2. The second kappa shape index (κ2) is 28.5. The first-order chi connectivity index (χ1) is 27.7. The Morgan fingerprint density at radius 2 is 1.00 bits per heavy atom. The number of hydrogen-bond acceptors (Lipinski definition) is 11. The van der Waals surface area contributed by atoms with Gasteiger partial charge in [0.25, 0.3) is 0 Å². The molecule has 0 bridgehead atoms. The summed E-state index contributed by atoms with van der Waals surface area (Å²) in [6.07, 6.45) is 18.8. The Labute approximate surface area is 347 Å². The summed E-state index contributed by atoms with van der Waals surface area (Å²) in [5.41, 5.74) is 10.4. The predicted molar refractivity (Wildman–Crippen MR) is 224 cm³/mol. The van der Waals surface area contributed by atoms with Crippen LogP contribution in [-0.2, 0) is 63.2 Å². The number of hydrogen-bond donors (Lipinski definition) is 3. The predicted octanol–water partition coefficient (Wildman–Crippen LogP) is 10.0. The SMILES string of the molecule is CCCCCc1oc(CCCCCCCCC(=O)OC(COC(=O)CCCCCCCCc2oc(CCC)c(C)c2C)COP(=O)(O)OCC(N)C(=O)O)c(C)c1C. The van der Waals surface area contributed by atoms with Crippen molar-refractivity contribution in [1.82, 2.24) is 0 Å². The highest BCUT2D eigenvalue weighted by Crippen LogP contribution is 2.43. The van der Waals surface area contributed by atoms with Crippen molar-refractivity contribution in [2.24, 2.45) is 5.73 Å². The van der Waals surface area contributed by atoms with Crippen molar-refractivity contribution in [3.8, 4) is 0 Å². The van der Waals surface area contributed by atoms with E-state index in [2.05, 4.69) is 46.1 Å². The summed E-state index contributed by atoms with van der Waals surface area (Å²) in [5.74, 6) is 1.97. The molecule has 2 heterocycles. The van der Waals surface area contributed by atoms with Crippen molar-refractivity contribution in [2.75, 3.05) is 19.8 Å². The molecule has 0 aliphatic carbocycles. The van der Waals surface area contributed by atoms with Crippen LogP contribution in [0.25, 0.3) is 0 Å². The van der Waals surface area contributed by atoms with Crippen LogP contribution in [0.2, 0.25) is 0 Å². The molecule has 0 aromatic carbocycles. The number of phosphoric acid groups is 1. The van der Waals surface area contributed by atoms with Gasteiger partial charge in [0.15, 0.2) is 6.10 Å². The van der Waals surface area contributed by atoms with Gasteiger partial charge in [0, 0.05) is 38.5 Å². The maximum absolute atomic E-state index is 12.7. The van der Waals surface area contributed by atoms with Crippen LogP contribution < -0.4 is 5.73 Å². The van der Waals surface area contributed by atoms with Crippen LogP contribution in [-0.4, -0.2) is 59.9 Å². The van der Waals surface area contributed by atoms with E-state index in [0.29, 0.717) is 12.8 Å². The number of nitrogens with two attached hydrogens (primary N) is 1. The Kier molecular flexibility index (Phi) is 25.1. The molecule has 0 saturated heterocycles. The number of carboxylic acids is 1. The Bertz CT molecular complexity index is 1550. The minimum absolute atomic E-state index is 0.123. The van der Waals surface area contributed by atoms with Gasteiger partial charge in [-0.05, 0) is 88.5 Å². The fourth-order valence-corrected chi connectivity index (χ4v) is 7.54. The molecule has 13 nitrogen and oxygen atoms in total. The summed E-state index contributed by atoms with van der Waals surface area (Å²) < 4.78 is 45.1. The second-order valence-corrected chi connectivity index (χ2v) is 17.1.